The van der Waals surface area contributed by atoms with E-state index in [1.807, 2.05) is 0 Å². The molecule has 4 nitrogen and oxygen atoms in total. The summed E-state index contributed by atoms with van der Waals surface area (Å²) in [6.45, 7) is -0.131. The van der Waals surface area contributed by atoms with Crippen molar-refractivity contribution in [2.24, 2.45) is 5.73 Å². The minimum atomic E-state index is -1.11. The Morgan fingerprint density at radius 1 is 1.47 bits per heavy atom. The summed E-state index contributed by atoms with van der Waals surface area (Å²) in [6.07, 6.45) is 0. The highest BCUT2D eigenvalue weighted by molar-refractivity contribution is 6.34. The van der Waals surface area contributed by atoms with Gasteiger partial charge in [0.05, 0.1) is 0 Å². The fraction of sp³-hybridized carbons (Fsp3) is 0.111. The average Bonchev–Trinajstić information content (AvgIpc) is 2.18. The van der Waals surface area contributed by atoms with Gasteiger partial charge in [-0.2, -0.15) is 0 Å². The van der Waals surface area contributed by atoms with Crippen LogP contribution in [-0.2, 0) is 16.1 Å². The highest BCUT2D eigenvalue weighted by Crippen LogP contribution is 2.14. The van der Waals surface area contributed by atoms with Gasteiger partial charge in [-0.15, -0.1) is 0 Å². The zero-order valence-electron chi connectivity index (χ0n) is 7.59. The lowest BCUT2D eigenvalue weighted by molar-refractivity contribution is -0.137. The normalized spacial score (nSPS) is 9.73. The number of hydrogen-bond donors (Lipinski definition) is 2. The van der Waals surface area contributed by atoms with E-state index in [9.17, 15) is 14.0 Å². The van der Waals surface area contributed by atoms with Gasteiger partial charge < -0.3 is 11.1 Å². The van der Waals surface area contributed by atoms with E-state index in [4.69, 9.17) is 17.3 Å². The summed E-state index contributed by atoms with van der Waals surface area (Å²) < 4.78 is 13.1. The molecule has 0 saturated carbocycles. The van der Waals surface area contributed by atoms with E-state index in [0.717, 1.165) is 0 Å². The molecule has 1 rings (SSSR count). The summed E-state index contributed by atoms with van der Waals surface area (Å²) in [7, 11) is 0. The van der Waals surface area contributed by atoms with Crippen molar-refractivity contribution in [2.75, 3.05) is 0 Å². The van der Waals surface area contributed by atoms with Gasteiger partial charge in [-0.05, 0) is 18.2 Å². The molecule has 6 heteroatoms. The number of amides is 2. The predicted molar refractivity (Wildman–Crippen MR) is 52.5 cm³/mol. The molecule has 1 aromatic rings. The molecular formula is C9H8ClFN2O2. The van der Waals surface area contributed by atoms with Gasteiger partial charge >= 0.3 is 11.8 Å². The van der Waals surface area contributed by atoms with Crippen molar-refractivity contribution in [2.45, 2.75) is 6.54 Å². The van der Waals surface area contributed by atoms with Crippen LogP contribution in [0.25, 0.3) is 0 Å². The number of carbonyl (C=O) groups is 2. The van der Waals surface area contributed by atoms with Gasteiger partial charge in [-0.3, -0.25) is 9.59 Å². The first kappa shape index (κ1) is 11.5. The fourth-order valence-electron chi connectivity index (χ4n) is 0.941. The third-order valence-corrected chi connectivity index (χ3v) is 1.91. The largest absolute Gasteiger partial charge is 0.361 e. The lowest BCUT2D eigenvalue weighted by Gasteiger charge is -2.04. The quantitative estimate of drug-likeness (QED) is 0.730. The Hall–Kier alpha value is -1.62. The molecule has 0 saturated heterocycles. The lowest BCUT2D eigenvalue weighted by Crippen LogP contribution is -2.35. The van der Waals surface area contributed by atoms with Crippen LogP contribution >= 0.6 is 11.6 Å². The summed E-state index contributed by atoms with van der Waals surface area (Å²) in [6, 6.07) is 3.92. The zero-order valence-corrected chi connectivity index (χ0v) is 8.34. The standard InChI is InChI=1S/C9H8ClFN2O2/c10-6-1-2-7(11)5(3-6)4-13-9(15)8(12)14/h1-3H,4H2,(H2,12,14)(H,13,15). The molecule has 0 radical (unpaired) electrons. The van der Waals surface area contributed by atoms with Crippen LogP contribution in [0.1, 0.15) is 5.56 Å². The van der Waals surface area contributed by atoms with E-state index in [2.05, 4.69) is 5.32 Å². The number of nitrogens with one attached hydrogen (secondary N) is 1. The second-order valence-electron chi connectivity index (χ2n) is 2.78. The van der Waals surface area contributed by atoms with Gasteiger partial charge in [0.25, 0.3) is 0 Å². The Morgan fingerprint density at radius 3 is 2.73 bits per heavy atom. The number of carbonyl (C=O) groups excluding carboxylic acids is 2. The number of benzene rings is 1. The first-order valence-electron chi connectivity index (χ1n) is 4.02. The van der Waals surface area contributed by atoms with Crippen molar-refractivity contribution in [3.8, 4) is 0 Å². The minimum absolute atomic E-state index is 0.131. The van der Waals surface area contributed by atoms with Crippen molar-refractivity contribution in [1.29, 1.82) is 0 Å². The summed E-state index contributed by atoms with van der Waals surface area (Å²) in [5.41, 5.74) is 4.89. The molecule has 0 aliphatic rings. The fourth-order valence-corrected chi connectivity index (χ4v) is 1.14. The molecule has 0 aliphatic heterocycles. The molecule has 15 heavy (non-hydrogen) atoms. The number of halogens is 2. The number of hydrogen-bond acceptors (Lipinski definition) is 2. The lowest BCUT2D eigenvalue weighted by atomic mass is 10.2. The Kier molecular flexibility index (Phi) is 3.62. The second kappa shape index (κ2) is 4.75. The maximum atomic E-state index is 13.1. The third kappa shape index (κ3) is 3.21. The molecular weight excluding hydrogens is 223 g/mol. The number of nitrogens with two attached hydrogens (primary N) is 1. The van der Waals surface area contributed by atoms with Gasteiger partial charge in [-0.1, -0.05) is 11.6 Å². The van der Waals surface area contributed by atoms with Crippen LogP contribution in [-0.4, -0.2) is 11.8 Å². The average molecular weight is 231 g/mol. The van der Waals surface area contributed by atoms with E-state index >= 15 is 0 Å². The number of primary amides is 1. The predicted octanol–water partition coefficient (Wildman–Crippen LogP) is 0.581. The maximum Gasteiger partial charge on any atom is 0.309 e. The molecule has 0 unspecified atom stereocenters. The molecule has 3 N–H and O–H groups in total. The highest BCUT2D eigenvalue weighted by Gasteiger charge is 2.09. The van der Waals surface area contributed by atoms with Crippen LogP contribution < -0.4 is 11.1 Å². The van der Waals surface area contributed by atoms with E-state index in [1.165, 1.54) is 18.2 Å². The Morgan fingerprint density at radius 2 is 2.13 bits per heavy atom. The van der Waals surface area contributed by atoms with E-state index < -0.39 is 17.6 Å². The van der Waals surface area contributed by atoms with E-state index in [0.29, 0.717) is 5.02 Å². The highest BCUT2D eigenvalue weighted by atomic mass is 35.5. The van der Waals surface area contributed by atoms with Gasteiger partial charge in [0.15, 0.2) is 0 Å². The first-order valence-corrected chi connectivity index (χ1v) is 4.40. The first-order chi connectivity index (χ1) is 7.00. The smallest absolute Gasteiger partial charge is 0.309 e. The Bertz CT molecular complexity index is 409. The third-order valence-electron chi connectivity index (χ3n) is 1.67. The van der Waals surface area contributed by atoms with Crippen LogP contribution in [0, 0.1) is 5.82 Å². The molecule has 80 valence electrons. The van der Waals surface area contributed by atoms with Crippen molar-refractivity contribution in [3.63, 3.8) is 0 Å². The molecule has 2 amide bonds. The Labute approximate surface area is 90.2 Å². The molecule has 0 spiro atoms. The topological polar surface area (TPSA) is 72.2 Å². The van der Waals surface area contributed by atoms with Crippen LogP contribution in [0.15, 0.2) is 18.2 Å². The van der Waals surface area contributed by atoms with Gasteiger partial charge in [0, 0.05) is 17.1 Å². The SMILES string of the molecule is NC(=O)C(=O)NCc1cc(Cl)ccc1F. The molecule has 0 bridgehead atoms. The Balaban J connectivity index is 2.69. The van der Waals surface area contributed by atoms with Gasteiger partial charge in [0.1, 0.15) is 5.82 Å². The molecule has 0 heterocycles. The molecule has 0 aromatic heterocycles. The summed E-state index contributed by atoms with van der Waals surface area (Å²) in [5.74, 6) is -2.59. The van der Waals surface area contributed by atoms with Gasteiger partial charge in [-0.25, -0.2) is 4.39 Å². The van der Waals surface area contributed by atoms with E-state index in [-0.39, 0.29) is 12.1 Å². The van der Waals surface area contributed by atoms with Crippen LogP contribution in [0.4, 0.5) is 4.39 Å². The summed E-state index contributed by atoms with van der Waals surface area (Å²) >= 11 is 5.62. The number of rotatable bonds is 2. The van der Waals surface area contributed by atoms with Gasteiger partial charge in [0.2, 0.25) is 0 Å². The maximum absolute atomic E-state index is 13.1. The summed E-state index contributed by atoms with van der Waals surface area (Å²) in [4.78, 5) is 21.1. The van der Waals surface area contributed by atoms with Crippen LogP contribution in [0.2, 0.25) is 5.02 Å². The van der Waals surface area contributed by atoms with Crippen molar-refractivity contribution < 1.29 is 14.0 Å². The van der Waals surface area contributed by atoms with E-state index in [1.54, 1.807) is 0 Å². The summed E-state index contributed by atoms with van der Waals surface area (Å²) in [5, 5.41) is 2.50. The molecule has 0 fully saturated rings. The van der Waals surface area contributed by atoms with Crippen molar-refractivity contribution in [1.82, 2.24) is 5.32 Å². The monoisotopic (exact) mass is 230 g/mol. The molecule has 0 atom stereocenters. The second-order valence-corrected chi connectivity index (χ2v) is 3.22. The van der Waals surface area contributed by atoms with Crippen LogP contribution in [0.3, 0.4) is 0 Å². The van der Waals surface area contributed by atoms with Crippen LogP contribution in [0.5, 0.6) is 0 Å². The van der Waals surface area contributed by atoms with Crippen molar-refractivity contribution in [3.05, 3.63) is 34.6 Å². The van der Waals surface area contributed by atoms with Crippen molar-refractivity contribution >= 4 is 23.4 Å². The minimum Gasteiger partial charge on any atom is -0.361 e. The molecule has 1 aromatic carbocycles. The zero-order chi connectivity index (χ0) is 11.4. The molecule has 0 aliphatic carbocycles.